The number of rotatable bonds is 3. The normalized spacial score (nSPS) is 17.8. The molecule has 0 saturated heterocycles. The second-order valence-corrected chi connectivity index (χ2v) is 8.70. The third-order valence-corrected chi connectivity index (χ3v) is 6.44. The Morgan fingerprint density at radius 1 is 1.07 bits per heavy atom. The van der Waals surface area contributed by atoms with E-state index < -0.39 is 0 Å². The average Bonchev–Trinajstić information content (AvgIpc) is 2.93. The summed E-state index contributed by atoms with van der Waals surface area (Å²) in [5, 5.41) is 7.68. The SMILES string of the molecule is Cc1ccc(NC(=O)CSC2=NC3(CCCCCC3)Nc3ccccc32)cc1. The first kappa shape index (κ1) is 19.1. The minimum absolute atomic E-state index is 0.00230. The molecule has 1 spiro atoms. The van der Waals surface area contributed by atoms with Crippen LogP contribution in [0.2, 0.25) is 0 Å². The lowest BCUT2D eigenvalue weighted by molar-refractivity contribution is -0.113. The Morgan fingerprint density at radius 2 is 1.79 bits per heavy atom. The molecule has 1 fully saturated rings. The predicted molar refractivity (Wildman–Crippen MR) is 119 cm³/mol. The number of para-hydroxylation sites is 1. The zero-order valence-electron chi connectivity index (χ0n) is 16.3. The molecule has 146 valence electrons. The highest BCUT2D eigenvalue weighted by Gasteiger charge is 2.35. The number of thioether (sulfide) groups is 1. The number of anilines is 2. The van der Waals surface area contributed by atoms with Gasteiger partial charge in [0.1, 0.15) is 10.7 Å². The Hall–Kier alpha value is -2.27. The van der Waals surface area contributed by atoms with E-state index in [2.05, 4.69) is 28.8 Å². The number of fused-ring (bicyclic) bond motifs is 1. The summed E-state index contributed by atoms with van der Waals surface area (Å²) in [7, 11) is 0. The van der Waals surface area contributed by atoms with Crippen LogP contribution in [-0.4, -0.2) is 22.4 Å². The molecule has 2 aromatic rings. The summed E-state index contributed by atoms with van der Waals surface area (Å²) in [5.74, 6) is 0.361. The molecule has 4 rings (SSSR count). The lowest BCUT2D eigenvalue weighted by Crippen LogP contribution is -2.40. The molecule has 0 unspecified atom stereocenters. The number of aliphatic imine (C=N–C) groups is 1. The van der Waals surface area contributed by atoms with Crippen LogP contribution in [-0.2, 0) is 4.79 Å². The van der Waals surface area contributed by atoms with Gasteiger partial charge in [0.05, 0.1) is 5.75 Å². The Kier molecular flexibility index (Phi) is 5.72. The molecule has 2 aromatic carbocycles. The van der Waals surface area contributed by atoms with E-state index in [9.17, 15) is 4.79 Å². The van der Waals surface area contributed by atoms with Crippen molar-refractivity contribution >= 4 is 34.1 Å². The van der Waals surface area contributed by atoms with Crippen molar-refractivity contribution in [2.45, 2.75) is 51.1 Å². The maximum atomic E-state index is 12.5. The van der Waals surface area contributed by atoms with Crippen LogP contribution in [0.15, 0.2) is 53.5 Å². The minimum Gasteiger partial charge on any atom is -0.361 e. The highest BCUT2D eigenvalue weighted by molar-refractivity contribution is 8.15. The van der Waals surface area contributed by atoms with Crippen molar-refractivity contribution < 1.29 is 4.79 Å². The van der Waals surface area contributed by atoms with Gasteiger partial charge in [-0.05, 0) is 50.8 Å². The standard InChI is InChI=1S/C23H27N3OS/c1-17-10-12-18(13-11-17)24-21(27)16-28-22-19-8-4-5-9-20(19)25-23(26-22)14-6-2-3-7-15-23/h4-5,8-13,25H,2-3,6-7,14-16H2,1H3,(H,24,27). The summed E-state index contributed by atoms with van der Waals surface area (Å²) >= 11 is 1.54. The fraction of sp³-hybridized carbons (Fsp3) is 0.391. The van der Waals surface area contributed by atoms with Gasteiger partial charge in [0.25, 0.3) is 0 Å². The zero-order chi connectivity index (χ0) is 19.4. The highest BCUT2D eigenvalue weighted by Crippen LogP contribution is 2.38. The number of carbonyl (C=O) groups is 1. The quantitative estimate of drug-likeness (QED) is 0.715. The number of hydrogen-bond acceptors (Lipinski definition) is 4. The van der Waals surface area contributed by atoms with E-state index in [1.807, 2.05) is 37.3 Å². The Morgan fingerprint density at radius 3 is 2.54 bits per heavy atom. The largest absolute Gasteiger partial charge is 0.361 e. The molecule has 1 aliphatic carbocycles. The fourth-order valence-electron chi connectivity index (χ4n) is 3.94. The van der Waals surface area contributed by atoms with Crippen molar-refractivity contribution in [1.29, 1.82) is 0 Å². The summed E-state index contributed by atoms with van der Waals surface area (Å²) in [5.41, 5.74) is 4.05. The summed E-state index contributed by atoms with van der Waals surface area (Å²) in [6.45, 7) is 2.04. The first-order chi connectivity index (χ1) is 13.6. The van der Waals surface area contributed by atoms with Gasteiger partial charge >= 0.3 is 0 Å². The van der Waals surface area contributed by atoms with Crippen molar-refractivity contribution in [3.63, 3.8) is 0 Å². The Bertz CT molecular complexity index is 868. The molecule has 1 saturated carbocycles. The molecule has 2 aliphatic rings. The van der Waals surface area contributed by atoms with E-state index in [-0.39, 0.29) is 11.6 Å². The van der Waals surface area contributed by atoms with E-state index >= 15 is 0 Å². The molecule has 1 aliphatic heterocycles. The molecule has 0 atom stereocenters. The van der Waals surface area contributed by atoms with Gasteiger partial charge in [-0.1, -0.05) is 60.5 Å². The van der Waals surface area contributed by atoms with Crippen LogP contribution < -0.4 is 10.6 Å². The van der Waals surface area contributed by atoms with E-state index in [1.165, 1.54) is 31.2 Å². The van der Waals surface area contributed by atoms with Crippen LogP contribution >= 0.6 is 11.8 Å². The third kappa shape index (κ3) is 4.41. The fourth-order valence-corrected chi connectivity index (χ4v) is 4.85. The van der Waals surface area contributed by atoms with E-state index in [4.69, 9.17) is 4.99 Å². The molecule has 2 N–H and O–H groups in total. The third-order valence-electron chi connectivity index (χ3n) is 5.45. The smallest absolute Gasteiger partial charge is 0.234 e. The molecular formula is C23H27N3OS. The number of hydrogen-bond donors (Lipinski definition) is 2. The van der Waals surface area contributed by atoms with Gasteiger partial charge in [0.15, 0.2) is 0 Å². The minimum atomic E-state index is -0.208. The maximum absolute atomic E-state index is 12.5. The topological polar surface area (TPSA) is 53.5 Å². The molecule has 0 bridgehead atoms. The summed E-state index contributed by atoms with van der Waals surface area (Å²) in [6, 6.07) is 16.2. The zero-order valence-corrected chi connectivity index (χ0v) is 17.1. The van der Waals surface area contributed by atoms with Gasteiger partial charge in [-0.15, -0.1) is 0 Å². The number of carbonyl (C=O) groups excluding carboxylic acids is 1. The van der Waals surface area contributed by atoms with E-state index in [1.54, 1.807) is 11.8 Å². The van der Waals surface area contributed by atoms with Gasteiger partial charge in [0.2, 0.25) is 5.91 Å². The number of benzene rings is 2. The maximum Gasteiger partial charge on any atom is 0.234 e. The van der Waals surface area contributed by atoms with Gasteiger partial charge in [0, 0.05) is 16.9 Å². The van der Waals surface area contributed by atoms with Crippen molar-refractivity contribution in [2.75, 3.05) is 16.4 Å². The Balaban J connectivity index is 1.49. The average molecular weight is 394 g/mol. The molecule has 5 heteroatoms. The monoisotopic (exact) mass is 393 g/mol. The highest BCUT2D eigenvalue weighted by atomic mass is 32.2. The molecular weight excluding hydrogens is 366 g/mol. The number of nitrogens with one attached hydrogen (secondary N) is 2. The van der Waals surface area contributed by atoms with Gasteiger partial charge < -0.3 is 10.6 Å². The van der Waals surface area contributed by atoms with Crippen molar-refractivity contribution in [3.05, 3.63) is 59.7 Å². The molecule has 1 heterocycles. The van der Waals surface area contributed by atoms with Crippen molar-refractivity contribution in [3.8, 4) is 0 Å². The van der Waals surface area contributed by atoms with Crippen molar-refractivity contribution in [2.24, 2.45) is 4.99 Å². The van der Waals surface area contributed by atoms with Gasteiger partial charge in [-0.25, -0.2) is 4.99 Å². The molecule has 28 heavy (non-hydrogen) atoms. The van der Waals surface area contributed by atoms with Crippen LogP contribution in [0, 0.1) is 6.92 Å². The van der Waals surface area contributed by atoms with Gasteiger partial charge in [-0.3, -0.25) is 4.79 Å². The van der Waals surface area contributed by atoms with Crippen LogP contribution in [0.25, 0.3) is 0 Å². The lowest BCUT2D eigenvalue weighted by Gasteiger charge is -2.36. The molecule has 4 nitrogen and oxygen atoms in total. The van der Waals surface area contributed by atoms with Crippen LogP contribution in [0.3, 0.4) is 0 Å². The van der Waals surface area contributed by atoms with E-state index in [0.717, 1.165) is 34.8 Å². The predicted octanol–water partition coefficient (Wildman–Crippen LogP) is 5.59. The number of aryl methyl sites for hydroxylation is 1. The summed E-state index contributed by atoms with van der Waals surface area (Å²) in [6.07, 6.45) is 7.07. The summed E-state index contributed by atoms with van der Waals surface area (Å²) < 4.78 is 0. The van der Waals surface area contributed by atoms with Crippen molar-refractivity contribution in [1.82, 2.24) is 0 Å². The second-order valence-electron chi connectivity index (χ2n) is 7.74. The first-order valence-corrected chi connectivity index (χ1v) is 11.1. The number of nitrogens with zero attached hydrogens (tertiary/aromatic N) is 1. The van der Waals surface area contributed by atoms with Crippen LogP contribution in [0.4, 0.5) is 11.4 Å². The van der Waals surface area contributed by atoms with Crippen LogP contribution in [0.1, 0.15) is 49.7 Å². The first-order valence-electron chi connectivity index (χ1n) is 10.1. The molecule has 0 radical (unpaired) electrons. The Labute approximate surface area is 171 Å². The lowest BCUT2D eigenvalue weighted by atomic mass is 9.97. The summed E-state index contributed by atoms with van der Waals surface area (Å²) in [4.78, 5) is 17.6. The molecule has 1 amide bonds. The van der Waals surface area contributed by atoms with Crippen LogP contribution in [0.5, 0.6) is 0 Å². The van der Waals surface area contributed by atoms with Gasteiger partial charge in [-0.2, -0.15) is 0 Å². The second kappa shape index (κ2) is 8.39. The number of amides is 1. The molecule has 0 aromatic heterocycles. The van der Waals surface area contributed by atoms with E-state index in [0.29, 0.717) is 5.75 Å².